The molecule has 0 aliphatic carbocycles. The van der Waals surface area contributed by atoms with Gasteiger partial charge >= 0.3 is 6.09 Å². The first-order valence-electron chi connectivity index (χ1n) is 6.35. The number of hydrogen-bond acceptors (Lipinski definition) is 5. The van der Waals surface area contributed by atoms with Crippen molar-refractivity contribution in [3.05, 3.63) is 0 Å². The van der Waals surface area contributed by atoms with Crippen molar-refractivity contribution in [3.8, 4) is 0 Å². The van der Waals surface area contributed by atoms with E-state index >= 15 is 0 Å². The van der Waals surface area contributed by atoms with Gasteiger partial charge in [-0.25, -0.2) is 4.79 Å². The monoisotopic (exact) mass is 302 g/mol. The summed E-state index contributed by atoms with van der Waals surface area (Å²) in [5, 5.41) is 9.18. The fourth-order valence-electron chi connectivity index (χ4n) is 1.04. The van der Waals surface area contributed by atoms with Gasteiger partial charge in [-0.1, -0.05) is 0 Å². The lowest BCUT2D eigenvalue weighted by Crippen LogP contribution is -2.44. The number of likely N-dealkylation sites (N-methyl/N-ethyl adjacent to an activating group) is 1. The molecule has 0 saturated heterocycles. The highest BCUT2D eigenvalue weighted by molar-refractivity contribution is 5.89. The van der Waals surface area contributed by atoms with Crippen LogP contribution in [0, 0.1) is 0 Å². The minimum absolute atomic E-state index is 0.165. The summed E-state index contributed by atoms with van der Waals surface area (Å²) in [6.07, 6.45) is -0.721. The van der Waals surface area contributed by atoms with Crippen molar-refractivity contribution < 1.29 is 23.9 Å². The van der Waals surface area contributed by atoms with Crippen LogP contribution in [-0.4, -0.2) is 56.1 Å². The van der Waals surface area contributed by atoms with Crippen LogP contribution in [0.15, 0.2) is 0 Å². The molecule has 0 aromatic rings. The molecule has 0 spiro atoms. The molecular formula is C12H22N4O5. The molecule has 120 valence electrons. The molecular weight excluding hydrogens is 280 g/mol. The molecule has 4 N–H and O–H groups in total. The van der Waals surface area contributed by atoms with E-state index in [1.165, 1.54) is 7.05 Å². The maximum Gasteiger partial charge on any atom is 0.408 e. The maximum absolute atomic E-state index is 11.4. The van der Waals surface area contributed by atoms with Crippen molar-refractivity contribution in [2.45, 2.75) is 26.4 Å². The molecule has 0 atom stereocenters. The quantitative estimate of drug-likeness (QED) is 0.474. The summed E-state index contributed by atoms with van der Waals surface area (Å²) < 4.78 is 4.94. The minimum Gasteiger partial charge on any atom is -0.444 e. The Kier molecular flexibility index (Phi) is 7.80. The summed E-state index contributed by atoms with van der Waals surface area (Å²) in [5.74, 6) is -1.40. The summed E-state index contributed by atoms with van der Waals surface area (Å²) in [6, 6.07) is 0. The maximum atomic E-state index is 11.4. The van der Waals surface area contributed by atoms with Crippen LogP contribution in [-0.2, 0) is 19.1 Å². The molecule has 0 bridgehead atoms. The molecule has 0 radical (unpaired) electrons. The first-order valence-corrected chi connectivity index (χ1v) is 6.35. The van der Waals surface area contributed by atoms with Gasteiger partial charge in [0.25, 0.3) is 0 Å². The van der Waals surface area contributed by atoms with Gasteiger partial charge in [0.1, 0.15) is 12.1 Å². The van der Waals surface area contributed by atoms with Crippen LogP contribution in [0.25, 0.3) is 0 Å². The molecule has 0 saturated carbocycles. The van der Waals surface area contributed by atoms with Crippen molar-refractivity contribution >= 4 is 23.8 Å². The number of hydrogen-bond donors (Lipinski definition) is 4. The SMILES string of the molecule is CNC(=O)CNC(=O)CNC(=O)CNC(=O)OC(C)(C)C. The fraction of sp³-hybridized carbons (Fsp3) is 0.667. The van der Waals surface area contributed by atoms with E-state index in [0.29, 0.717) is 0 Å². The molecule has 9 nitrogen and oxygen atoms in total. The molecule has 0 fully saturated rings. The van der Waals surface area contributed by atoms with E-state index in [1.54, 1.807) is 20.8 Å². The third-order valence-electron chi connectivity index (χ3n) is 1.96. The van der Waals surface area contributed by atoms with E-state index in [2.05, 4.69) is 21.3 Å². The number of amides is 4. The van der Waals surface area contributed by atoms with Crippen LogP contribution in [0.4, 0.5) is 4.79 Å². The smallest absolute Gasteiger partial charge is 0.408 e. The summed E-state index contributed by atoms with van der Waals surface area (Å²) in [7, 11) is 1.44. The highest BCUT2D eigenvalue weighted by Crippen LogP contribution is 2.05. The van der Waals surface area contributed by atoms with Crippen molar-refractivity contribution in [1.29, 1.82) is 0 Å². The van der Waals surface area contributed by atoms with Crippen LogP contribution in [0.1, 0.15) is 20.8 Å². The van der Waals surface area contributed by atoms with Crippen molar-refractivity contribution in [1.82, 2.24) is 21.3 Å². The predicted octanol–water partition coefficient (Wildman–Crippen LogP) is -1.51. The van der Waals surface area contributed by atoms with Gasteiger partial charge in [-0.2, -0.15) is 0 Å². The molecule has 0 heterocycles. The molecule has 4 amide bonds. The van der Waals surface area contributed by atoms with Crippen LogP contribution < -0.4 is 21.3 Å². The standard InChI is InChI=1S/C12H22N4O5/c1-12(2,3)21-11(20)16-7-10(19)15-6-9(18)14-5-8(17)13-4/h5-7H2,1-4H3,(H,13,17)(H,14,18)(H,15,19)(H,16,20). The largest absolute Gasteiger partial charge is 0.444 e. The Bertz CT molecular complexity index is 403. The highest BCUT2D eigenvalue weighted by Gasteiger charge is 2.16. The number of nitrogens with one attached hydrogen (secondary N) is 4. The van der Waals surface area contributed by atoms with E-state index in [4.69, 9.17) is 4.74 Å². The second kappa shape index (κ2) is 8.77. The van der Waals surface area contributed by atoms with Crippen LogP contribution in [0.3, 0.4) is 0 Å². The van der Waals surface area contributed by atoms with Crippen LogP contribution >= 0.6 is 0 Å². The lowest BCUT2D eigenvalue weighted by atomic mass is 10.2. The highest BCUT2D eigenvalue weighted by atomic mass is 16.6. The Balaban J connectivity index is 3.83. The number of rotatable bonds is 6. The van der Waals surface area contributed by atoms with Gasteiger partial charge in [-0.3, -0.25) is 14.4 Å². The molecule has 21 heavy (non-hydrogen) atoms. The molecule has 9 heteroatoms. The van der Waals surface area contributed by atoms with Gasteiger partial charge in [-0.15, -0.1) is 0 Å². The van der Waals surface area contributed by atoms with E-state index in [9.17, 15) is 19.2 Å². The molecule has 0 rings (SSSR count). The van der Waals surface area contributed by atoms with Crippen molar-refractivity contribution in [2.75, 3.05) is 26.7 Å². The molecule has 0 unspecified atom stereocenters. The zero-order chi connectivity index (χ0) is 16.5. The second-order valence-corrected chi connectivity index (χ2v) is 5.08. The third kappa shape index (κ3) is 11.2. The summed E-state index contributed by atoms with van der Waals surface area (Å²) in [4.78, 5) is 44.8. The normalized spacial score (nSPS) is 10.3. The van der Waals surface area contributed by atoms with Gasteiger partial charge < -0.3 is 26.0 Å². The van der Waals surface area contributed by atoms with E-state index in [1.807, 2.05) is 0 Å². The number of carbonyl (C=O) groups is 4. The number of ether oxygens (including phenoxy) is 1. The van der Waals surface area contributed by atoms with Crippen LogP contribution in [0.2, 0.25) is 0 Å². The Morgan fingerprint density at radius 2 is 1.24 bits per heavy atom. The number of alkyl carbamates (subject to hydrolysis) is 1. The van der Waals surface area contributed by atoms with E-state index < -0.39 is 23.5 Å². The zero-order valence-corrected chi connectivity index (χ0v) is 12.7. The molecule has 0 aliphatic rings. The van der Waals surface area contributed by atoms with Gasteiger partial charge in [0, 0.05) is 7.05 Å². The summed E-state index contributed by atoms with van der Waals surface area (Å²) in [5.41, 5.74) is -0.652. The van der Waals surface area contributed by atoms with E-state index in [0.717, 1.165) is 0 Å². The predicted molar refractivity (Wildman–Crippen MR) is 74.3 cm³/mol. The van der Waals surface area contributed by atoms with Crippen molar-refractivity contribution in [3.63, 3.8) is 0 Å². The first kappa shape index (κ1) is 18.7. The Morgan fingerprint density at radius 1 is 0.810 bits per heavy atom. The summed E-state index contributed by atoms with van der Waals surface area (Å²) in [6.45, 7) is 4.33. The Labute approximate surface area is 123 Å². The summed E-state index contributed by atoms with van der Waals surface area (Å²) >= 11 is 0. The molecule has 0 aliphatic heterocycles. The van der Waals surface area contributed by atoms with Gasteiger partial charge in [0.05, 0.1) is 13.1 Å². The lowest BCUT2D eigenvalue weighted by molar-refractivity contribution is -0.127. The topological polar surface area (TPSA) is 126 Å². The van der Waals surface area contributed by atoms with Crippen molar-refractivity contribution in [2.24, 2.45) is 0 Å². The third-order valence-corrected chi connectivity index (χ3v) is 1.96. The minimum atomic E-state index is -0.721. The van der Waals surface area contributed by atoms with Gasteiger partial charge in [-0.05, 0) is 20.8 Å². The Hall–Kier alpha value is -2.32. The van der Waals surface area contributed by atoms with E-state index in [-0.39, 0.29) is 25.5 Å². The lowest BCUT2D eigenvalue weighted by Gasteiger charge is -2.19. The van der Waals surface area contributed by atoms with Gasteiger partial charge in [0.15, 0.2) is 0 Å². The molecule has 0 aromatic carbocycles. The van der Waals surface area contributed by atoms with Crippen LogP contribution in [0.5, 0.6) is 0 Å². The average molecular weight is 302 g/mol. The fourth-order valence-corrected chi connectivity index (χ4v) is 1.04. The second-order valence-electron chi connectivity index (χ2n) is 5.08. The zero-order valence-electron chi connectivity index (χ0n) is 12.7. The Morgan fingerprint density at radius 3 is 1.67 bits per heavy atom. The average Bonchev–Trinajstić information content (AvgIpc) is 2.38. The number of carbonyl (C=O) groups excluding carboxylic acids is 4. The van der Waals surface area contributed by atoms with Gasteiger partial charge in [0.2, 0.25) is 17.7 Å². The first-order chi connectivity index (χ1) is 9.64. The molecule has 0 aromatic heterocycles.